The van der Waals surface area contributed by atoms with Gasteiger partial charge in [-0.15, -0.1) is 6.58 Å². The molecule has 0 saturated carbocycles. The molecule has 0 spiro atoms. The van der Waals surface area contributed by atoms with Gasteiger partial charge in [0.25, 0.3) is 0 Å². The van der Waals surface area contributed by atoms with Crippen molar-refractivity contribution in [3.8, 4) is 46.0 Å². The van der Waals surface area contributed by atoms with E-state index in [0.29, 0.717) is 45.8 Å². The van der Waals surface area contributed by atoms with Crippen molar-refractivity contribution in [3.63, 3.8) is 0 Å². The Hall–Kier alpha value is -6.62. The minimum atomic E-state index is -0.224. The molecule has 0 amide bonds. The fraction of sp³-hybridized carbons (Fsp3) is 0.283. The first-order chi connectivity index (χ1) is 30.6. The number of ether oxygens (including phenoxy) is 6. The van der Waals surface area contributed by atoms with Gasteiger partial charge in [0, 0.05) is 42.2 Å². The Labute approximate surface area is 369 Å². The van der Waals surface area contributed by atoms with Gasteiger partial charge in [0.15, 0.2) is 46.1 Å². The number of carbonyl (C=O) groups excluding carboxylic acids is 2. The van der Waals surface area contributed by atoms with Crippen molar-refractivity contribution in [2.24, 2.45) is 0 Å². The van der Waals surface area contributed by atoms with Gasteiger partial charge in [0.05, 0.1) is 28.4 Å². The smallest absolute Gasteiger partial charge is 0.204 e. The van der Waals surface area contributed by atoms with Crippen LogP contribution in [0.25, 0.3) is 0 Å². The molecule has 0 aromatic heterocycles. The molecule has 10 nitrogen and oxygen atoms in total. The molecule has 3 atom stereocenters. The standard InChI is InChI=1S/C38H42N2O6.C15H12O2/c1-39-15-13-25-20-32(42-4)34-22-28(25)29(39)17-23-7-10-27(11-8-23)45-33-19-24(9-12-31(33)41-3)18-30-36-26(14-16-40(30)2)21-35(43-5)37(44-6)38(36)46-34;1-2-13(11-6-4-3-5-7-11)14-10-12(16)8-9-15(14)17/h7-12,19-22,29-30H,13-18H2,1-6H3;2-10,13H,1H2. The van der Waals surface area contributed by atoms with E-state index < -0.39 is 0 Å². The first-order valence-electron chi connectivity index (χ1n) is 21.3. The average molecular weight is 847 g/mol. The lowest BCUT2D eigenvalue weighted by Gasteiger charge is -2.37. The molecule has 1 aliphatic carbocycles. The van der Waals surface area contributed by atoms with E-state index in [-0.39, 0.29) is 29.6 Å². The van der Waals surface area contributed by atoms with Gasteiger partial charge < -0.3 is 28.4 Å². The van der Waals surface area contributed by atoms with E-state index in [9.17, 15) is 9.59 Å². The number of methoxy groups -OCH3 is 4. The summed E-state index contributed by atoms with van der Waals surface area (Å²) in [4.78, 5) is 27.9. The normalized spacial score (nSPS) is 18.5. The number of hydrogen-bond acceptors (Lipinski definition) is 10. The molecule has 5 aromatic rings. The third-order valence-electron chi connectivity index (χ3n) is 12.6. The van der Waals surface area contributed by atoms with Crippen LogP contribution in [-0.4, -0.2) is 77.0 Å². The highest BCUT2D eigenvalue weighted by Crippen LogP contribution is 2.52. The fourth-order valence-corrected chi connectivity index (χ4v) is 9.15. The minimum Gasteiger partial charge on any atom is -0.493 e. The van der Waals surface area contributed by atoms with Gasteiger partial charge in [-0.25, -0.2) is 0 Å². The maximum absolute atomic E-state index is 11.8. The average Bonchev–Trinajstić information content (AvgIpc) is 3.30. The largest absolute Gasteiger partial charge is 0.493 e. The topological polar surface area (TPSA) is 96.0 Å². The van der Waals surface area contributed by atoms with Crippen molar-refractivity contribution < 1.29 is 38.0 Å². The first kappa shape index (κ1) is 43.0. The number of likely N-dealkylation sites (N-methyl/N-ethyl adjacent to an activating group) is 2. The number of fused-ring (bicyclic) bond motifs is 2. The summed E-state index contributed by atoms with van der Waals surface area (Å²) in [6.45, 7) is 5.60. The lowest BCUT2D eigenvalue weighted by molar-refractivity contribution is -0.114. The second kappa shape index (κ2) is 18.8. The number of nitrogens with zero attached hydrogens (tertiary/aromatic N) is 2. The summed E-state index contributed by atoms with van der Waals surface area (Å²) in [6.07, 6.45) is 9.05. The summed E-state index contributed by atoms with van der Waals surface area (Å²) >= 11 is 0. The molecule has 5 aliphatic rings. The molecule has 3 unspecified atom stereocenters. The van der Waals surface area contributed by atoms with E-state index in [1.165, 1.54) is 40.5 Å². The summed E-state index contributed by atoms with van der Waals surface area (Å²) in [7, 11) is 11.1. The molecule has 0 radical (unpaired) electrons. The van der Waals surface area contributed by atoms with Gasteiger partial charge in [-0.2, -0.15) is 0 Å². The zero-order valence-electron chi connectivity index (χ0n) is 36.8. The fourth-order valence-electron chi connectivity index (χ4n) is 9.15. The summed E-state index contributed by atoms with van der Waals surface area (Å²) in [5.41, 5.74) is 8.60. The van der Waals surface area contributed by atoms with Crippen molar-refractivity contribution in [3.05, 3.63) is 166 Å². The molecule has 6 bridgehead atoms. The molecule has 0 fully saturated rings. The minimum absolute atomic E-state index is 0.000437. The SMILES string of the molecule is C=CC(C1=CC(=O)C=CC1=O)c1ccccc1.COc1ccc2cc1Oc1ccc(cc1)CC1c3cc(c(OC)cc3CCN1C)Oc1c(OC)c(OC)cc3c1C(C2)N(C)CC3. The molecule has 5 aromatic carbocycles. The Bertz CT molecular complexity index is 2580. The summed E-state index contributed by atoms with van der Waals surface area (Å²) in [6, 6.07) is 30.7. The Kier molecular flexibility index (Phi) is 12.8. The van der Waals surface area contributed by atoms with E-state index in [4.69, 9.17) is 28.4 Å². The van der Waals surface area contributed by atoms with Crippen LogP contribution < -0.4 is 28.4 Å². The van der Waals surface area contributed by atoms with Gasteiger partial charge >= 0.3 is 0 Å². The highest BCUT2D eigenvalue weighted by atomic mass is 16.5. The third kappa shape index (κ3) is 8.87. The number of rotatable bonds is 7. The number of hydrogen-bond donors (Lipinski definition) is 0. The number of ketones is 2. The molecule has 324 valence electrons. The second-order valence-corrected chi connectivity index (χ2v) is 16.3. The quantitative estimate of drug-likeness (QED) is 0.116. The van der Waals surface area contributed by atoms with Crippen LogP contribution in [0, 0.1) is 0 Å². The molecular weight excluding hydrogens is 793 g/mol. The van der Waals surface area contributed by atoms with Gasteiger partial charge in [-0.3, -0.25) is 19.4 Å². The molecule has 4 heterocycles. The predicted molar refractivity (Wildman–Crippen MR) is 244 cm³/mol. The maximum atomic E-state index is 11.8. The van der Waals surface area contributed by atoms with Gasteiger partial charge in [-0.1, -0.05) is 54.6 Å². The molecular formula is C53H54N2O8. The van der Waals surface area contributed by atoms with Crippen LogP contribution in [0.15, 0.2) is 127 Å². The second-order valence-electron chi connectivity index (χ2n) is 16.3. The van der Waals surface area contributed by atoms with Crippen LogP contribution in [0.1, 0.15) is 56.9 Å². The van der Waals surface area contributed by atoms with Gasteiger partial charge in [0.1, 0.15) is 5.75 Å². The van der Waals surface area contributed by atoms with E-state index in [2.05, 4.69) is 72.9 Å². The predicted octanol–water partition coefficient (Wildman–Crippen LogP) is 9.75. The van der Waals surface area contributed by atoms with Crippen LogP contribution in [0.3, 0.4) is 0 Å². The lowest BCUT2D eigenvalue weighted by Crippen LogP contribution is -2.34. The van der Waals surface area contributed by atoms with Crippen molar-refractivity contribution in [2.75, 3.05) is 55.6 Å². The molecule has 0 saturated heterocycles. The van der Waals surface area contributed by atoms with Crippen molar-refractivity contribution in [1.82, 2.24) is 9.80 Å². The van der Waals surface area contributed by atoms with Crippen LogP contribution in [0.4, 0.5) is 0 Å². The Morgan fingerprint density at radius 2 is 1.33 bits per heavy atom. The summed E-state index contributed by atoms with van der Waals surface area (Å²) in [5.74, 6) is 4.91. The first-order valence-corrected chi connectivity index (χ1v) is 21.3. The van der Waals surface area contributed by atoms with Gasteiger partial charge in [0.2, 0.25) is 5.75 Å². The van der Waals surface area contributed by atoms with Crippen molar-refractivity contribution in [1.29, 1.82) is 0 Å². The van der Waals surface area contributed by atoms with E-state index >= 15 is 0 Å². The maximum Gasteiger partial charge on any atom is 0.204 e. The number of allylic oxidation sites excluding steroid dienone is 5. The number of carbonyl (C=O) groups is 2. The van der Waals surface area contributed by atoms with Crippen LogP contribution in [-0.2, 0) is 35.3 Å². The molecule has 10 rings (SSSR count). The van der Waals surface area contributed by atoms with Crippen molar-refractivity contribution >= 4 is 11.6 Å². The van der Waals surface area contributed by atoms with Crippen molar-refractivity contribution in [2.45, 2.75) is 43.7 Å². The summed E-state index contributed by atoms with van der Waals surface area (Å²) in [5, 5.41) is 0. The van der Waals surface area contributed by atoms with E-state index in [1.54, 1.807) is 34.5 Å². The Morgan fingerprint density at radius 3 is 2.03 bits per heavy atom. The zero-order valence-corrected chi connectivity index (χ0v) is 36.8. The molecule has 0 N–H and O–H groups in total. The van der Waals surface area contributed by atoms with Crippen LogP contribution in [0.2, 0.25) is 0 Å². The Balaban J connectivity index is 0.000000268. The summed E-state index contributed by atoms with van der Waals surface area (Å²) < 4.78 is 37.1. The molecule has 63 heavy (non-hydrogen) atoms. The highest BCUT2D eigenvalue weighted by Gasteiger charge is 2.35. The monoisotopic (exact) mass is 846 g/mol. The Morgan fingerprint density at radius 1 is 0.683 bits per heavy atom. The lowest BCUT2D eigenvalue weighted by atomic mass is 9.86. The number of benzene rings is 5. The van der Waals surface area contributed by atoms with E-state index in [0.717, 1.165) is 61.2 Å². The third-order valence-corrected chi connectivity index (χ3v) is 12.6. The van der Waals surface area contributed by atoms with Crippen LogP contribution in [0.5, 0.6) is 46.0 Å². The zero-order chi connectivity index (χ0) is 44.2. The van der Waals surface area contributed by atoms with Crippen LogP contribution >= 0.6 is 0 Å². The van der Waals surface area contributed by atoms with Gasteiger partial charge in [-0.05, 0) is 134 Å². The highest BCUT2D eigenvalue weighted by molar-refractivity contribution is 6.18. The van der Waals surface area contributed by atoms with E-state index in [1.807, 2.05) is 48.5 Å². The molecule has 10 heteroatoms. The molecule has 4 aliphatic heterocycles.